The fourth-order valence-corrected chi connectivity index (χ4v) is 4.01. The van der Waals surface area contributed by atoms with Crippen LogP contribution < -0.4 is 4.74 Å². The highest BCUT2D eigenvalue weighted by atomic mass is 19.4. The molecule has 0 saturated carbocycles. The summed E-state index contributed by atoms with van der Waals surface area (Å²) in [5, 5.41) is 12.3. The summed E-state index contributed by atoms with van der Waals surface area (Å²) in [7, 11) is 0. The Labute approximate surface area is 224 Å². The summed E-state index contributed by atoms with van der Waals surface area (Å²) in [4.78, 5) is 28.0. The Morgan fingerprint density at radius 3 is 2.40 bits per heavy atom. The highest BCUT2D eigenvalue weighted by Crippen LogP contribution is 2.33. The van der Waals surface area contributed by atoms with E-state index in [1.807, 2.05) is 37.4 Å². The molecule has 2 aromatic carbocycles. The second-order valence-electron chi connectivity index (χ2n) is 8.99. The van der Waals surface area contributed by atoms with Crippen molar-refractivity contribution >= 4 is 22.8 Å². The van der Waals surface area contributed by atoms with E-state index in [0.29, 0.717) is 16.8 Å². The van der Waals surface area contributed by atoms with Crippen molar-refractivity contribution in [1.82, 2.24) is 19.7 Å². The van der Waals surface area contributed by atoms with Gasteiger partial charge in [-0.15, -0.1) is 0 Å². The van der Waals surface area contributed by atoms with Gasteiger partial charge in [0.05, 0.1) is 29.5 Å². The zero-order valence-corrected chi connectivity index (χ0v) is 21.0. The zero-order valence-electron chi connectivity index (χ0n) is 21.0. The summed E-state index contributed by atoms with van der Waals surface area (Å²) in [6.07, 6.45) is -3.56. The molecule has 1 aliphatic heterocycles. The van der Waals surface area contributed by atoms with E-state index in [2.05, 4.69) is 10.1 Å². The van der Waals surface area contributed by atoms with Crippen LogP contribution in [0.3, 0.4) is 0 Å². The number of nitrogens with zero attached hydrogens (tertiary/aromatic N) is 4. The minimum atomic E-state index is -5.08. The molecular formula is C27H23F5N4O4. The van der Waals surface area contributed by atoms with Gasteiger partial charge >= 0.3 is 12.1 Å². The van der Waals surface area contributed by atoms with E-state index in [1.54, 1.807) is 47.3 Å². The van der Waals surface area contributed by atoms with Gasteiger partial charge in [0.1, 0.15) is 0 Å². The third kappa shape index (κ3) is 6.53. The number of carbonyl (C=O) groups is 2. The number of pyridine rings is 1. The first kappa shape index (κ1) is 28.5. The minimum Gasteiger partial charge on any atom is -0.475 e. The molecule has 13 heteroatoms. The molecule has 1 fully saturated rings. The monoisotopic (exact) mass is 562 g/mol. The number of fused-ring (bicyclic) bond motifs is 1. The predicted octanol–water partition coefficient (Wildman–Crippen LogP) is 5.29. The summed E-state index contributed by atoms with van der Waals surface area (Å²) in [6, 6.07) is 17.8. The molecule has 1 unspecified atom stereocenters. The number of likely N-dealkylation sites (tertiary alicyclic amines) is 1. The number of alkyl halides is 5. The van der Waals surface area contributed by atoms with Gasteiger partial charge in [-0.2, -0.15) is 18.3 Å². The van der Waals surface area contributed by atoms with E-state index in [0.717, 1.165) is 10.9 Å². The highest BCUT2D eigenvalue weighted by molar-refractivity contribution is 5.97. The normalized spacial score (nSPS) is 16.6. The predicted molar refractivity (Wildman–Crippen MR) is 134 cm³/mol. The van der Waals surface area contributed by atoms with Crippen LogP contribution in [-0.2, 0) is 4.79 Å². The van der Waals surface area contributed by atoms with Crippen LogP contribution in [0, 0.1) is 6.92 Å². The standard InChI is InChI=1S/C25H22F2N4O2.C2HF3O2/c1-17-14-28-31(15-17)21-9-5-3-7-19(21)24(32)30-13-12-25(26,27)22(16-30)33-23-11-10-18-6-2-4-8-20(18)29-23;3-2(4,5)1(6)7/h2-11,14-15,22H,12-13,16H2,1H3;(H,6,7). The minimum absolute atomic E-state index is 0.0662. The lowest BCUT2D eigenvalue weighted by Crippen LogP contribution is -2.55. The van der Waals surface area contributed by atoms with Gasteiger partial charge in [0, 0.05) is 30.6 Å². The van der Waals surface area contributed by atoms with Gasteiger partial charge in [-0.25, -0.2) is 23.2 Å². The lowest BCUT2D eigenvalue weighted by Gasteiger charge is -2.38. The Balaban J connectivity index is 0.000000470. The average molecular weight is 562 g/mol. The Morgan fingerprint density at radius 2 is 1.73 bits per heavy atom. The van der Waals surface area contributed by atoms with Crippen LogP contribution in [0.2, 0.25) is 0 Å². The molecule has 8 nitrogen and oxygen atoms in total. The van der Waals surface area contributed by atoms with Gasteiger partial charge in [0.25, 0.3) is 11.8 Å². The fourth-order valence-electron chi connectivity index (χ4n) is 4.01. The molecule has 2 aromatic heterocycles. The van der Waals surface area contributed by atoms with E-state index < -0.39 is 30.6 Å². The molecule has 4 aromatic rings. The molecule has 0 radical (unpaired) electrons. The maximum atomic E-state index is 14.7. The molecule has 1 atom stereocenters. The molecule has 3 heterocycles. The summed E-state index contributed by atoms with van der Waals surface area (Å²) < 4.78 is 68.5. The van der Waals surface area contributed by atoms with E-state index >= 15 is 0 Å². The third-order valence-corrected chi connectivity index (χ3v) is 6.03. The van der Waals surface area contributed by atoms with Crippen molar-refractivity contribution < 1.29 is 41.4 Å². The van der Waals surface area contributed by atoms with Crippen LogP contribution in [0.4, 0.5) is 22.0 Å². The Bertz CT molecular complexity index is 1520. The number of aliphatic carboxylic acids is 1. The van der Waals surface area contributed by atoms with Crippen LogP contribution in [0.15, 0.2) is 73.1 Å². The van der Waals surface area contributed by atoms with Crippen molar-refractivity contribution in [1.29, 1.82) is 0 Å². The number of rotatable bonds is 4. The number of carboxylic acids is 1. The molecule has 1 amide bonds. The van der Waals surface area contributed by atoms with Gasteiger partial charge in [0.2, 0.25) is 5.88 Å². The van der Waals surface area contributed by atoms with E-state index in [-0.39, 0.29) is 24.9 Å². The number of carbonyl (C=O) groups excluding carboxylic acids is 1. The Hall–Kier alpha value is -4.55. The lowest BCUT2D eigenvalue weighted by molar-refractivity contribution is -0.192. The molecule has 210 valence electrons. The number of hydrogen-bond donors (Lipinski definition) is 1. The maximum Gasteiger partial charge on any atom is 0.490 e. The number of amides is 1. The molecule has 1 saturated heterocycles. The molecule has 0 spiro atoms. The number of ether oxygens (including phenoxy) is 1. The van der Waals surface area contributed by atoms with Crippen LogP contribution >= 0.6 is 0 Å². The van der Waals surface area contributed by atoms with Crippen molar-refractivity contribution in [2.75, 3.05) is 13.1 Å². The lowest BCUT2D eigenvalue weighted by atomic mass is 10.0. The molecule has 1 N–H and O–H groups in total. The SMILES string of the molecule is Cc1cnn(-c2ccccc2C(=O)N2CCC(F)(F)C(Oc3ccc4ccccc4n3)C2)c1.O=C(O)C(F)(F)F. The van der Waals surface area contributed by atoms with E-state index in [4.69, 9.17) is 14.6 Å². The largest absolute Gasteiger partial charge is 0.490 e. The molecule has 1 aliphatic rings. The van der Waals surface area contributed by atoms with Crippen molar-refractivity contribution in [3.05, 3.63) is 84.2 Å². The van der Waals surface area contributed by atoms with E-state index in [1.165, 1.54) is 4.90 Å². The number of aryl methyl sites for hydroxylation is 1. The number of benzene rings is 2. The summed E-state index contributed by atoms with van der Waals surface area (Å²) in [5.41, 5.74) is 2.60. The van der Waals surface area contributed by atoms with Gasteiger partial charge in [-0.1, -0.05) is 30.3 Å². The Morgan fingerprint density at radius 1 is 1.05 bits per heavy atom. The van der Waals surface area contributed by atoms with E-state index in [9.17, 15) is 26.7 Å². The highest BCUT2D eigenvalue weighted by Gasteiger charge is 2.47. The Kier molecular flexibility index (Phi) is 8.03. The third-order valence-electron chi connectivity index (χ3n) is 6.03. The van der Waals surface area contributed by atoms with Crippen LogP contribution in [0.5, 0.6) is 5.88 Å². The van der Waals surface area contributed by atoms with Crippen LogP contribution in [0.25, 0.3) is 16.6 Å². The molecular weight excluding hydrogens is 539 g/mol. The smallest absolute Gasteiger partial charge is 0.475 e. The van der Waals surface area contributed by atoms with Crippen molar-refractivity contribution in [2.45, 2.75) is 31.5 Å². The molecule has 0 aliphatic carbocycles. The number of piperidine rings is 1. The summed E-state index contributed by atoms with van der Waals surface area (Å²) in [5.74, 6) is -6.06. The summed E-state index contributed by atoms with van der Waals surface area (Å²) >= 11 is 0. The van der Waals surface area contributed by atoms with Crippen molar-refractivity contribution in [2.24, 2.45) is 0 Å². The molecule has 40 heavy (non-hydrogen) atoms. The maximum absolute atomic E-state index is 14.7. The van der Waals surface area contributed by atoms with Gasteiger partial charge in [-0.3, -0.25) is 4.79 Å². The summed E-state index contributed by atoms with van der Waals surface area (Å²) in [6.45, 7) is 1.60. The number of carboxylic acid groups (broad SMARTS) is 1. The fraction of sp³-hybridized carbons (Fsp3) is 0.259. The average Bonchev–Trinajstić information content (AvgIpc) is 3.35. The first-order chi connectivity index (χ1) is 18.8. The van der Waals surface area contributed by atoms with Crippen molar-refractivity contribution in [3.8, 4) is 11.6 Å². The second kappa shape index (κ2) is 11.3. The second-order valence-corrected chi connectivity index (χ2v) is 8.99. The first-order valence-electron chi connectivity index (χ1n) is 12.0. The molecule has 0 bridgehead atoms. The van der Waals surface area contributed by atoms with Crippen LogP contribution in [0.1, 0.15) is 22.3 Å². The van der Waals surface area contributed by atoms with Crippen LogP contribution in [-0.4, -0.2) is 67.9 Å². The number of aromatic nitrogens is 3. The van der Waals surface area contributed by atoms with Gasteiger partial charge < -0.3 is 14.7 Å². The van der Waals surface area contributed by atoms with Crippen molar-refractivity contribution in [3.63, 3.8) is 0 Å². The first-order valence-corrected chi connectivity index (χ1v) is 12.0. The number of hydrogen-bond acceptors (Lipinski definition) is 5. The molecule has 5 rings (SSSR count). The zero-order chi connectivity index (χ0) is 29.1. The topological polar surface area (TPSA) is 97.5 Å². The number of para-hydroxylation sites is 2. The number of halogens is 5. The quantitative estimate of drug-likeness (QED) is 0.340. The van der Waals surface area contributed by atoms with Gasteiger partial charge in [0.15, 0.2) is 6.10 Å². The van der Waals surface area contributed by atoms with Gasteiger partial charge in [-0.05, 0) is 36.8 Å².